The fraction of sp³-hybridized carbons (Fsp3) is 0.286. The number of halogens is 2. The molecule has 0 amide bonds. The lowest BCUT2D eigenvalue weighted by atomic mass is 10.2. The van der Waals surface area contributed by atoms with Gasteiger partial charge in [0, 0.05) is 5.69 Å². The van der Waals surface area contributed by atoms with E-state index in [0.717, 1.165) is 28.5 Å². The molecule has 0 aliphatic heterocycles. The van der Waals surface area contributed by atoms with E-state index in [9.17, 15) is 4.39 Å². The van der Waals surface area contributed by atoms with Gasteiger partial charge < -0.3 is 9.73 Å². The van der Waals surface area contributed by atoms with Crippen molar-refractivity contribution >= 4 is 33.4 Å². The Labute approximate surface area is 124 Å². The van der Waals surface area contributed by atoms with Gasteiger partial charge in [-0.25, -0.2) is 4.39 Å². The van der Waals surface area contributed by atoms with Gasteiger partial charge in [0.15, 0.2) is 0 Å². The summed E-state index contributed by atoms with van der Waals surface area (Å²) < 4.78 is 19.6. The number of rotatable bonds is 5. The topological polar surface area (TPSA) is 25.2 Å². The molecule has 0 unspecified atom stereocenters. The molecule has 0 saturated carbocycles. The third-order valence-corrected chi connectivity index (χ3v) is 3.91. The molecule has 0 aliphatic carbocycles. The van der Waals surface area contributed by atoms with Gasteiger partial charge in [0.05, 0.1) is 16.8 Å². The summed E-state index contributed by atoms with van der Waals surface area (Å²) in [5.41, 5.74) is 1.77. The van der Waals surface area contributed by atoms with Gasteiger partial charge in [0.2, 0.25) is 0 Å². The summed E-state index contributed by atoms with van der Waals surface area (Å²) in [4.78, 5) is 0. The fourth-order valence-corrected chi connectivity index (χ4v) is 2.65. The SMILES string of the molecule is CSCc1ccc(CNc2cc(F)c(Br)cc2C)o1. The van der Waals surface area contributed by atoms with Crippen LogP contribution in [0, 0.1) is 12.7 Å². The molecule has 19 heavy (non-hydrogen) atoms. The molecule has 1 aromatic heterocycles. The maximum Gasteiger partial charge on any atom is 0.139 e. The molecule has 0 aliphatic rings. The standard InChI is InChI=1S/C14H15BrFNOS/c1-9-5-12(15)13(16)6-14(9)17-7-10-3-4-11(18-10)8-19-2/h3-6,17H,7-8H2,1-2H3. The molecular weight excluding hydrogens is 329 g/mol. The summed E-state index contributed by atoms with van der Waals surface area (Å²) in [6, 6.07) is 7.18. The summed E-state index contributed by atoms with van der Waals surface area (Å²) in [5.74, 6) is 2.41. The average Bonchev–Trinajstić information content (AvgIpc) is 2.80. The molecule has 1 heterocycles. The summed E-state index contributed by atoms with van der Waals surface area (Å²) in [5, 5.41) is 3.19. The highest BCUT2D eigenvalue weighted by Gasteiger charge is 2.06. The largest absolute Gasteiger partial charge is 0.463 e. The van der Waals surface area contributed by atoms with Crippen LogP contribution < -0.4 is 5.32 Å². The lowest BCUT2D eigenvalue weighted by Crippen LogP contribution is -2.01. The highest BCUT2D eigenvalue weighted by Crippen LogP contribution is 2.24. The van der Waals surface area contributed by atoms with Crippen LogP contribution in [-0.2, 0) is 12.3 Å². The monoisotopic (exact) mass is 343 g/mol. The number of anilines is 1. The molecule has 1 aromatic carbocycles. The number of nitrogens with one attached hydrogen (secondary N) is 1. The Morgan fingerprint density at radius 1 is 1.32 bits per heavy atom. The van der Waals surface area contributed by atoms with E-state index in [2.05, 4.69) is 21.2 Å². The fourth-order valence-electron chi connectivity index (χ4n) is 1.76. The van der Waals surface area contributed by atoms with Crippen molar-refractivity contribution in [2.45, 2.75) is 19.2 Å². The van der Waals surface area contributed by atoms with Crippen LogP contribution >= 0.6 is 27.7 Å². The normalized spacial score (nSPS) is 10.7. The van der Waals surface area contributed by atoms with E-state index >= 15 is 0 Å². The van der Waals surface area contributed by atoms with Crippen LogP contribution in [0.2, 0.25) is 0 Å². The summed E-state index contributed by atoms with van der Waals surface area (Å²) >= 11 is 4.89. The molecule has 0 saturated heterocycles. The van der Waals surface area contributed by atoms with E-state index < -0.39 is 0 Å². The van der Waals surface area contributed by atoms with Crippen LogP contribution in [0.4, 0.5) is 10.1 Å². The molecule has 2 aromatic rings. The van der Waals surface area contributed by atoms with Crippen molar-refractivity contribution in [2.75, 3.05) is 11.6 Å². The van der Waals surface area contributed by atoms with E-state index in [0.29, 0.717) is 11.0 Å². The second-order valence-electron chi connectivity index (χ2n) is 4.24. The van der Waals surface area contributed by atoms with Crippen LogP contribution in [0.3, 0.4) is 0 Å². The minimum Gasteiger partial charge on any atom is -0.463 e. The zero-order valence-electron chi connectivity index (χ0n) is 10.8. The Bertz CT molecular complexity index is 571. The van der Waals surface area contributed by atoms with Crippen molar-refractivity contribution in [2.24, 2.45) is 0 Å². The molecule has 102 valence electrons. The third kappa shape index (κ3) is 3.76. The maximum absolute atomic E-state index is 13.5. The van der Waals surface area contributed by atoms with E-state index in [1.807, 2.05) is 25.3 Å². The lowest BCUT2D eigenvalue weighted by Gasteiger charge is -2.09. The van der Waals surface area contributed by atoms with Crippen molar-refractivity contribution in [3.05, 3.63) is 51.6 Å². The number of hydrogen-bond acceptors (Lipinski definition) is 3. The number of thioether (sulfide) groups is 1. The van der Waals surface area contributed by atoms with Crippen molar-refractivity contribution in [1.82, 2.24) is 0 Å². The molecule has 0 fully saturated rings. The van der Waals surface area contributed by atoms with Crippen LogP contribution in [0.1, 0.15) is 17.1 Å². The third-order valence-electron chi connectivity index (χ3n) is 2.72. The molecule has 0 radical (unpaired) electrons. The first-order chi connectivity index (χ1) is 9.10. The first-order valence-corrected chi connectivity index (χ1v) is 8.05. The first-order valence-electron chi connectivity index (χ1n) is 5.86. The summed E-state index contributed by atoms with van der Waals surface area (Å²) in [6.07, 6.45) is 2.04. The molecule has 5 heteroatoms. The Kier molecular flexibility index (Phi) is 4.93. The highest BCUT2D eigenvalue weighted by molar-refractivity contribution is 9.10. The van der Waals surface area contributed by atoms with Crippen LogP contribution in [-0.4, -0.2) is 6.26 Å². The molecule has 0 spiro atoms. The first kappa shape index (κ1) is 14.5. The second-order valence-corrected chi connectivity index (χ2v) is 5.96. The van der Waals surface area contributed by atoms with Gasteiger partial charge >= 0.3 is 0 Å². The van der Waals surface area contributed by atoms with Gasteiger partial charge in [-0.2, -0.15) is 11.8 Å². The average molecular weight is 344 g/mol. The van der Waals surface area contributed by atoms with Crippen molar-refractivity contribution < 1.29 is 8.81 Å². The zero-order chi connectivity index (χ0) is 13.8. The smallest absolute Gasteiger partial charge is 0.139 e. The summed E-state index contributed by atoms with van der Waals surface area (Å²) in [7, 11) is 0. The van der Waals surface area contributed by atoms with Gasteiger partial charge in [0.1, 0.15) is 17.3 Å². The Balaban J connectivity index is 2.03. The molecule has 2 nitrogen and oxygen atoms in total. The van der Waals surface area contributed by atoms with Crippen LogP contribution in [0.25, 0.3) is 0 Å². The predicted molar refractivity (Wildman–Crippen MR) is 82.1 cm³/mol. The maximum atomic E-state index is 13.5. The predicted octanol–water partition coefficient (Wildman–Crippen LogP) is 4.96. The van der Waals surface area contributed by atoms with Gasteiger partial charge in [-0.05, 0) is 58.9 Å². The minimum absolute atomic E-state index is 0.268. The van der Waals surface area contributed by atoms with E-state index in [1.54, 1.807) is 17.8 Å². The highest BCUT2D eigenvalue weighted by atomic mass is 79.9. The zero-order valence-corrected chi connectivity index (χ0v) is 13.2. The van der Waals surface area contributed by atoms with Crippen molar-refractivity contribution in [3.63, 3.8) is 0 Å². The van der Waals surface area contributed by atoms with E-state index in [1.165, 1.54) is 6.07 Å². The molecule has 0 bridgehead atoms. The van der Waals surface area contributed by atoms with Gasteiger partial charge in [-0.1, -0.05) is 0 Å². The molecule has 2 rings (SSSR count). The Morgan fingerprint density at radius 3 is 2.79 bits per heavy atom. The number of aryl methyl sites for hydroxylation is 1. The van der Waals surface area contributed by atoms with Crippen molar-refractivity contribution in [1.29, 1.82) is 0 Å². The van der Waals surface area contributed by atoms with Crippen molar-refractivity contribution in [3.8, 4) is 0 Å². The quantitative estimate of drug-likeness (QED) is 0.830. The van der Waals surface area contributed by atoms with Crippen LogP contribution in [0.5, 0.6) is 0 Å². The van der Waals surface area contributed by atoms with Gasteiger partial charge in [-0.15, -0.1) is 0 Å². The number of furan rings is 1. The Hall–Kier alpha value is -0.940. The lowest BCUT2D eigenvalue weighted by molar-refractivity contribution is 0.487. The van der Waals surface area contributed by atoms with Gasteiger partial charge in [0.25, 0.3) is 0 Å². The number of hydrogen-bond donors (Lipinski definition) is 1. The molecule has 0 atom stereocenters. The summed E-state index contributed by atoms with van der Waals surface area (Å²) in [6.45, 7) is 2.49. The van der Waals surface area contributed by atoms with E-state index in [4.69, 9.17) is 4.42 Å². The molecular formula is C14H15BrFNOS. The van der Waals surface area contributed by atoms with Crippen LogP contribution in [0.15, 0.2) is 33.2 Å². The van der Waals surface area contributed by atoms with E-state index in [-0.39, 0.29) is 5.82 Å². The minimum atomic E-state index is -0.268. The Morgan fingerprint density at radius 2 is 2.05 bits per heavy atom. The second kappa shape index (κ2) is 6.48. The van der Waals surface area contributed by atoms with Gasteiger partial charge in [-0.3, -0.25) is 0 Å². The molecule has 1 N–H and O–H groups in total. The number of benzene rings is 1.